The minimum absolute atomic E-state index is 0.897. The highest BCUT2D eigenvalue weighted by Crippen LogP contribution is 2.08. The molecular weight excluding hydrogens is 208 g/mol. The predicted octanol–water partition coefficient (Wildman–Crippen LogP) is 3.92. The molecule has 0 aromatic rings. The van der Waals surface area contributed by atoms with Crippen LogP contribution in [0.2, 0.25) is 0 Å². The van der Waals surface area contributed by atoms with Crippen LogP contribution >= 0.6 is 0 Å². The van der Waals surface area contributed by atoms with Crippen LogP contribution in [0.25, 0.3) is 0 Å². The Morgan fingerprint density at radius 1 is 0.706 bits per heavy atom. The van der Waals surface area contributed by atoms with Crippen LogP contribution in [-0.2, 0) is 5.11 Å². The molecule has 17 heavy (non-hydrogen) atoms. The number of hydrogen-bond donors (Lipinski definition) is 0. The van der Waals surface area contributed by atoms with Gasteiger partial charge >= 0.3 is 0 Å². The highest BCUT2D eigenvalue weighted by Gasteiger charge is 1.89. The van der Waals surface area contributed by atoms with Gasteiger partial charge in [0.1, 0.15) is 0 Å². The lowest BCUT2D eigenvalue weighted by molar-refractivity contribution is 0.392. The van der Waals surface area contributed by atoms with Gasteiger partial charge < -0.3 is 0 Å². The van der Waals surface area contributed by atoms with Crippen molar-refractivity contribution in [3.63, 3.8) is 0 Å². The average molecular weight is 229 g/mol. The molecule has 0 N–H and O–H groups in total. The zero-order chi connectivity index (χ0) is 12.6. The molecule has 0 spiro atoms. The lowest BCUT2D eigenvalue weighted by Gasteiger charge is -1.98. The quantitative estimate of drug-likeness (QED) is 0.444. The van der Waals surface area contributed by atoms with Gasteiger partial charge in [0, 0.05) is 18.3 Å². The zero-order valence-corrected chi connectivity index (χ0v) is 10.8. The van der Waals surface area contributed by atoms with Gasteiger partial charge in [-0.1, -0.05) is 57.8 Å². The highest BCUT2D eigenvalue weighted by atomic mass is 16.2. The van der Waals surface area contributed by atoms with Crippen molar-refractivity contribution in [3.8, 4) is 35.7 Å². The lowest BCUT2D eigenvalue weighted by atomic mass is 10.1. The minimum atomic E-state index is 0.897. The third kappa shape index (κ3) is 14.5. The van der Waals surface area contributed by atoms with E-state index in [4.69, 9.17) is 0 Å². The van der Waals surface area contributed by atoms with E-state index in [1.54, 1.807) is 0 Å². The molecule has 0 rings (SSSR count). The number of rotatable bonds is 8. The van der Waals surface area contributed by atoms with Crippen LogP contribution in [0.1, 0.15) is 64.7 Å². The molecular formula is C16H21O. The molecule has 0 heterocycles. The van der Waals surface area contributed by atoms with Crippen molar-refractivity contribution >= 4 is 0 Å². The maximum absolute atomic E-state index is 9.72. The lowest BCUT2D eigenvalue weighted by Crippen LogP contribution is -1.79. The van der Waals surface area contributed by atoms with Gasteiger partial charge in [0.2, 0.25) is 0 Å². The normalized spacial score (nSPS) is 8.06. The van der Waals surface area contributed by atoms with Crippen molar-refractivity contribution in [2.45, 2.75) is 64.7 Å². The molecule has 0 aliphatic carbocycles. The third-order valence-corrected chi connectivity index (χ3v) is 2.48. The molecule has 1 radical (unpaired) electrons. The molecule has 0 saturated heterocycles. The first-order valence-corrected chi connectivity index (χ1v) is 6.51. The van der Waals surface area contributed by atoms with Crippen molar-refractivity contribution < 1.29 is 5.11 Å². The Morgan fingerprint density at radius 2 is 1.29 bits per heavy atom. The Morgan fingerprint density at radius 3 is 1.94 bits per heavy atom. The van der Waals surface area contributed by atoms with Gasteiger partial charge in [-0.3, -0.25) is 0 Å². The van der Waals surface area contributed by atoms with Gasteiger partial charge in [0.05, 0.1) is 0 Å². The molecule has 0 aromatic carbocycles. The largest absolute Gasteiger partial charge is 0.223 e. The summed E-state index contributed by atoms with van der Waals surface area (Å²) in [6.45, 7) is 2.24. The van der Waals surface area contributed by atoms with E-state index in [1.165, 1.54) is 51.1 Å². The summed E-state index contributed by atoms with van der Waals surface area (Å²) in [5.41, 5.74) is 0. The van der Waals surface area contributed by atoms with Gasteiger partial charge in [-0.25, -0.2) is 5.11 Å². The Balaban J connectivity index is 3.23. The summed E-state index contributed by atoms with van der Waals surface area (Å²) in [4.78, 5) is 0. The Kier molecular flexibility index (Phi) is 13.2. The van der Waals surface area contributed by atoms with Crippen molar-refractivity contribution in [1.29, 1.82) is 0 Å². The van der Waals surface area contributed by atoms with Crippen molar-refractivity contribution in [2.75, 3.05) is 0 Å². The highest BCUT2D eigenvalue weighted by molar-refractivity contribution is 5.34. The van der Waals surface area contributed by atoms with Gasteiger partial charge in [0.15, 0.2) is 6.11 Å². The summed E-state index contributed by atoms with van der Waals surface area (Å²) in [5, 5.41) is 9.72. The molecule has 0 atom stereocenters. The number of unbranched alkanes of at least 4 members (excludes halogenated alkanes) is 8. The van der Waals surface area contributed by atoms with Crippen LogP contribution < -0.4 is 0 Å². The fraction of sp³-hybridized carbons (Fsp3) is 0.625. The fourth-order valence-corrected chi connectivity index (χ4v) is 1.54. The van der Waals surface area contributed by atoms with Crippen LogP contribution in [0.15, 0.2) is 0 Å². The summed E-state index contributed by atoms with van der Waals surface area (Å²) in [7, 11) is 0. The van der Waals surface area contributed by atoms with Crippen molar-refractivity contribution in [3.05, 3.63) is 0 Å². The Hall–Kier alpha value is -1.52. The zero-order valence-electron chi connectivity index (χ0n) is 10.8. The van der Waals surface area contributed by atoms with E-state index >= 15 is 0 Å². The first-order valence-electron chi connectivity index (χ1n) is 6.51. The van der Waals surface area contributed by atoms with Crippen LogP contribution in [0, 0.1) is 35.7 Å². The molecule has 1 heteroatoms. The third-order valence-electron chi connectivity index (χ3n) is 2.48. The molecule has 1 nitrogen and oxygen atoms in total. The summed E-state index contributed by atoms with van der Waals surface area (Å²) < 4.78 is 0. The standard InChI is InChI=1S/C16H21O/c1-2-3-4-5-6-7-8-9-10-11-12-13-14-15-16-17/h2-10H2,1H3. The first-order chi connectivity index (χ1) is 8.41. The van der Waals surface area contributed by atoms with Gasteiger partial charge in [-0.2, -0.15) is 0 Å². The Bertz CT molecular complexity index is 335. The van der Waals surface area contributed by atoms with Crippen LogP contribution in [0.5, 0.6) is 0 Å². The van der Waals surface area contributed by atoms with Gasteiger partial charge in [-0.05, 0) is 18.3 Å². The molecule has 0 saturated carbocycles. The topological polar surface area (TPSA) is 19.9 Å². The van der Waals surface area contributed by atoms with Crippen molar-refractivity contribution in [1.82, 2.24) is 0 Å². The Labute approximate surface area is 106 Å². The second-order valence-electron chi connectivity index (χ2n) is 4.00. The van der Waals surface area contributed by atoms with E-state index in [2.05, 4.69) is 36.5 Å². The van der Waals surface area contributed by atoms with E-state index in [9.17, 15) is 5.11 Å². The summed E-state index contributed by atoms with van der Waals surface area (Å²) in [6, 6.07) is 0. The summed E-state index contributed by atoms with van der Waals surface area (Å²) >= 11 is 0. The molecule has 91 valence electrons. The van der Waals surface area contributed by atoms with Crippen molar-refractivity contribution in [2.24, 2.45) is 0 Å². The van der Waals surface area contributed by atoms with E-state index in [0.29, 0.717) is 0 Å². The maximum atomic E-state index is 9.72. The minimum Gasteiger partial charge on any atom is -0.223 e. The van der Waals surface area contributed by atoms with Crippen LogP contribution in [0.4, 0.5) is 0 Å². The van der Waals surface area contributed by atoms with E-state index in [1.807, 2.05) is 0 Å². The van der Waals surface area contributed by atoms with Gasteiger partial charge in [-0.15, -0.1) is 0 Å². The smallest absolute Gasteiger partial charge is 0.186 e. The second kappa shape index (κ2) is 14.5. The monoisotopic (exact) mass is 229 g/mol. The molecule has 0 aromatic heterocycles. The van der Waals surface area contributed by atoms with Crippen LogP contribution in [0.3, 0.4) is 0 Å². The molecule has 0 bridgehead atoms. The molecule has 0 amide bonds. The maximum Gasteiger partial charge on any atom is 0.186 e. The predicted molar refractivity (Wildman–Crippen MR) is 71.2 cm³/mol. The summed E-state index contributed by atoms with van der Waals surface area (Å²) in [5.74, 6) is 12.7. The molecule has 0 fully saturated rings. The molecule has 0 unspecified atom stereocenters. The SMILES string of the molecule is CCCCCCCCCCC#CC#CC#C[O]. The van der Waals surface area contributed by atoms with Gasteiger partial charge in [0.25, 0.3) is 0 Å². The average Bonchev–Trinajstić information content (AvgIpc) is 2.35. The van der Waals surface area contributed by atoms with E-state index in [0.717, 1.165) is 12.8 Å². The first kappa shape index (κ1) is 15.5. The number of hydrogen-bond acceptors (Lipinski definition) is 0. The second-order valence-corrected chi connectivity index (χ2v) is 4.00. The fourth-order valence-electron chi connectivity index (χ4n) is 1.54. The molecule has 0 aliphatic heterocycles. The molecule has 0 aliphatic rings. The summed E-state index contributed by atoms with van der Waals surface area (Å²) in [6.07, 6.45) is 12.9. The van der Waals surface area contributed by atoms with E-state index < -0.39 is 0 Å². The van der Waals surface area contributed by atoms with Crippen LogP contribution in [-0.4, -0.2) is 0 Å². The van der Waals surface area contributed by atoms with E-state index in [-0.39, 0.29) is 0 Å².